The fraction of sp³-hybridized carbons (Fsp3) is 0.250. The first-order chi connectivity index (χ1) is 15.6. The zero-order valence-corrected chi connectivity index (χ0v) is 18.9. The maximum Gasteiger partial charge on any atom is 0.264 e. The van der Waals surface area contributed by atoms with Gasteiger partial charge in [-0.3, -0.25) is 9.59 Å². The van der Waals surface area contributed by atoms with E-state index >= 15 is 0 Å². The van der Waals surface area contributed by atoms with Crippen molar-refractivity contribution in [1.29, 1.82) is 5.26 Å². The number of nitriles is 1. The Bertz CT molecular complexity index is 1150. The minimum absolute atomic E-state index is 0.0413. The molecule has 0 saturated carbocycles. The Balaban J connectivity index is 1.54. The van der Waals surface area contributed by atoms with E-state index < -0.39 is 0 Å². The molecule has 1 amide bonds. The van der Waals surface area contributed by atoms with Gasteiger partial charge >= 0.3 is 0 Å². The second-order valence-electron chi connectivity index (χ2n) is 7.60. The largest absolute Gasteiger partial charge is 0.355 e. The Labute approximate surface area is 195 Å². The smallest absolute Gasteiger partial charge is 0.264 e. The summed E-state index contributed by atoms with van der Waals surface area (Å²) in [7, 11) is 0. The molecule has 4 rings (SSSR count). The van der Waals surface area contributed by atoms with E-state index in [-0.39, 0.29) is 11.9 Å². The van der Waals surface area contributed by atoms with Crippen molar-refractivity contribution in [2.45, 2.75) is 25.4 Å². The van der Waals surface area contributed by atoms with Crippen LogP contribution in [0.15, 0.2) is 54.7 Å². The molecule has 32 heavy (non-hydrogen) atoms. The summed E-state index contributed by atoms with van der Waals surface area (Å²) in [5, 5.41) is 9.39. The van der Waals surface area contributed by atoms with Crippen LogP contribution in [-0.4, -0.2) is 41.2 Å². The molecule has 0 spiro atoms. The molecule has 8 heteroatoms. The number of hydrogen-bond acceptors (Lipinski definition) is 6. The highest BCUT2D eigenvalue weighted by Crippen LogP contribution is 2.28. The number of thiophene rings is 1. The van der Waals surface area contributed by atoms with Crippen molar-refractivity contribution in [1.82, 2.24) is 9.88 Å². The third-order valence-corrected chi connectivity index (χ3v) is 6.84. The summed E-state index contributed by atoms with van der Waals surface area (Å²) >= 11 is 7.36. The van der Waals surface area contributed by atoms with E-state index in [0.717, 1.165) is 24.7 Å². The van der Waals surface area contributed by atoms with Crippen LogP contribution in [0, 0.1) is 11.3 Å². The minimum atomic E-state index is -0.0460. The number of nitrogens with zero attached hydrogens (tertiary/aromatic N) is 4. The first-order valence-electron chi connectivity index (χ1n) is 10.3. The van der Waals surface area contributed by atoms with Crippen LogP contribution in [0.4, 0.5) is 5.82 Å². The molecule has 0 atom stereocenters. The number of benzene rings is 1. The summed E-state index contributed by atoms with van der Waals surface area (Å²) < 4.78 is 0.581. The maximum atomic E-state index is 13.4. The molecular weight excluding hydrogens is 444 g/mol. The third-order valence-electron chi connectivity index (χ3n) is 5.63. The SMILES string of the molecule is N#Cc1cccnc1N1CCC(N(Cc2ccc(C=O)cc2)C(=O)c2ccc(Cl)s2)CC1. The molecular formula is C24H21ClN4O2S. The third kappa shape index (κ3) is 4.82. The predicted molar refractivity (Wildman–Crippen MR) is 125 cm³/mol. The lowest BCUT2D eigenvalue weighted by Crippen LogP contribution is -2.47. The van der Waals surface area contributed by atoms with Gasteiger partial charge in [0.25, 0.3) is 5.91 Å². The summed E-state index contributed by atoms with van der Waals surface area (Å²) in [5.41, 5.74) is 2.13. The summed E-state index contributed by atoms with van der Waals surface area (Å²) in [6, 6.07) is 16.6. The standard InChI is InChI=1S/C24H21ClN4O2S/c25-22-8-7-21(32-22)24(31)29(15-17-3-5-18(16-30)6-4-17)20-9-12-28(13-10-20)23-19(14-26)2-1-11-27-23/h1-8,11,16,20H,9-10,12-13,15H2. The molecule has 0 unspecified atom stereocenters. The zero-order chi connectivity index (χ0) is 22.5. The number of amides is 1. The first-order valence-corrected chi connectivity index (χ1v) is 11.5. The van der Waals surface area contributed by atoms with Crippen LogP contribution in [-0.2, 0) is 6.54 Å². The van der Waals surface area contributed by atoms with E-state index in [1.807, 2.05) is 17.0 Å². The lowest BCUT2D eigenvalue weighted by Gasteiger charge is -2.39. The van der Waals surface area contributed by atoms with Gasteiger partial charge in [0, 0.05) is 37.4 Å². The average molecular weight is 465 g/mol. The van der Waals surface area contributed by atoms with E-state index in [9.17, 15) is 14.9 Å². The van der Waals surface area contributed by atoms with Crippen LogP contribution >= 0.6 is 22.9 Å². The van der Waals surface area contributed by atoms with Gasteiger partial charge in [0.15, 0.2) is 0 Å². The number of pyridine rings is 1. The molecule has 6 nitrogen and oxygen atoms in total. The van der Waals surface area contributed by atoms with Gasteiger partial charge in [-0.05, 0) is 42.7 Å². The van der Waals surface area contributed by atoms with E-state index in [1.165, 1.54) is 11.3 Å². The van der Waals surface area contributed by atoms with Crippen LogP contribution in [0.5, 0.6) is 0 Å². The van der Waals surface area contributed by atoms with Crippen LogP contribution in [0.25, 0.3) is 0 Å². The van der Waals surface area contributed by atoms with Crippen LogP contribution in [0.1, 0.15) is 44.0 Å². The van der Waals surface area contributed by atoms with Crippen LogP contribution < -0.4 is 4.90 Å². The Hall–Kier alpha value is -3.21. The lowest BCUT2D eigenvalue weighted by atomic mass is 10.0. The second kappa shape index (κ2) is 9.94. The highest BCUT2D eigenvalue weighted by Gasteiger charge is 2.30. The van der Waals surface area contributed by atoms with Crippen LogP contribution in [0.2, 0.25) is 4.34 Å². The second-order valence-corrected chi connectivity index (χ2v) is 9.32. The normalized spacial score (nSPS) is 14.1. The molecule has 3 heterocycles. The molecule has 0 radical (unpaired) electrons. The topological polar surface area (TPSA) is 77.3 Å². The molecule has 162 valence electrons. The van der Waals surface area contributed by atoms with Crippen molar-refractivity contribution in [3.8, 4) is 6.07 Å². The number of anilines is 1. The predicted octanol–water partition coefficient (Wildman–Crippen LogP) is 4.79. The van der Waals surface area contributed by atoms with Crippen molar-refractivity contribution in [3.63, 3.8) is 0 Å². The number of rotatable bonds is 6. The number of piperidine rings is 1. The molecule has 2 aromatic heterocycles. The minimum Gasteiger partial charge on any atom is -0.355 e. The van der Waals surface area contributed by atoms with Crippen molar-refractivity contribution in [2.24, 2.45) is 0 Å². The van der Waals surface area contributed by atoms with Gasteiger partial charge in [0.1, 0.15) is 18.2 Å². The number of aldehydes is 1. The fourth-order valence-corrected chi connectivity index (χ4v) is 4.96. The number of aromatic nitrogens is 1. The monoisotopic (exact) mass is 464 g/mol. The number of hydrogen-bond donors (Lipinski definition) is 0. The summed E-state index contributed by atoms with van der Waals surface area (Å²) in [6.45, 7) is 1.86. The Morgan fingerprint density at radius 1 is 1.22 bits per heavy atom. The molecule has 0 N–H and O–H groups in total. The van der Waals surface area contributed by atoms with Gasteiger partial charge in [-0.25, -0.2) is 4.98 Å². The maximum absolute atomic E-state index is 13.4. The van der Waals surface area contributed by atoms with Crippen molar-refractivity contribution in [3.05, 3.63) is 80.6 Å². The van der Waals surface area contributed by atoms with Crippen molar-refractivity contribution in [2.75, 3.05) is 18.0 Å². The Morgan fingerprint density at radius 2 is 1.97 bits per heavy atom. The Kier molecular flexibility index (Phi) is 6.84. The van der Waals surface area contributed by atoms with E-state index in [4.69, 9.17) is 11.6 Å². The molecule has 1 aliphatic heterocycles. The summed E-state index contributed by atoms with van der Waals surface area (Å²) in [6.07, 6.45) is 4.03. The molecule has 3 aromatic rings. The average Bonchev–Trinajstić information content (AvgIpc) is 3.29. The van der Waals surface area contributed by atoms with Gasteiger partial charge in [-0.15, -0.1) is 11.3 Å². The molecule has 0 bridgehead atoms. The van der Waals surface area contributed by atoms with Gasteiger partial charge in [0.05, 0.1) is 14.8 Å². The highest BCUT2D eigenvalue weighted by molar-refractivity contribution is 7.17. The van der Waals surface area contributed by atoms with Gasteiger partial charge in [0.2, 0.25) is 0 Å². The fourth-order valence-electron chi connectivity index (χ4n) is 3.96. The Morgan fingerprint density at radius 3 is 2.59 bits per heavy atom. The molecule has 0 aliphatic carbocycles. The first kappa shape index (κ1) is 22.0. The summed E-state index contributed by atoms with van der Waals surface area (Å²) in [4.78, 5) is 33.4. The van der Waals surface area contributed by atoms with E-state index in [2.05, 4.69) is 16.0 Å². The lowest BCUT2D eigenvalue weighted by molar-refractivity contribution is 0.0635. The van der Waals surface area contributed by atoms with Gasteiger partial charge < -0.3 is 9.80 Å². The number of carbonyl (C=O) groups excluding carboxylic acids is 2. The van der Waals surface area contributed by atoms with Gasteiger partial charge in [-0.2, -0.15) is 5.26 Å². The van der Waals surface area contributed by atoms with Gasteiger partial charge in [-0.1, -0.05) is 35.9 Å². The van der Waals surface area contributed by atoms with Crippen LogP contribution in [0.3, 0.4) is 0 Å². The zero-order valence-electron chi connectivity index (χ0n) is 17.3. The van der Waals surface area contributed by atoms with E-state index in [1.54, 1.807) is 42.6 Å². The number of carbonyl (C=O) groups is 2. The molecule has 1 fully saturated rings. The highest BCUT2D eigenvalue weighted by atomic mass is 35.5. The van der Waals surface area contributed by atoms with E-state index in [0.29, 0.717) is 45.8 Å². The van der Waals surface area contributed by atoms with Crippen molar-refractivity contribution >= 4 is 40.9 Å². The number of halogens is 1. The quantitative estimate of drug-likeness (QED) is 0.490. The van der Waals surface area contributed by atoms with Crippen molar-refractivity contribution < 1.29 is 9.59 Å². The summed E-state index contributed by atoms with van der Waals surface area (Å²) in [5.74, 6) is 0.649. The molecule has 1 aromatic carbocycles. The molecule has 1 aliphatic rings. The molecule has 1 saturated heterocycles.